The standard InChI is InChI=1S/C15H14BrNO/c1-2-11-3-5-12(6-4-11)9-15(18)14-8-7-13(16)10-17-14/h3-8,10H,2,9H2,1H3. The molecule has 0 saturated heterocycles. The Labute approximate surface area is 115 Å². The summed E-state index contributed by atoms with van der Waals surface area (Å²) in [4.78, 5) is 16.1. The number of hydrogen-bond acceptors (Lipinski definition) is 2. The molecular formula is C15H14BrNO. The first kappa shape index (κ1) is 13.0. The van der Waals surface area contributed by atoms with Gasteiger partial charge in [0.15, 0.2) is 5.78 Å². The lowest BCUT2D eigenvalue weighted by Gasteiger charge is -2.02. The summed E-state index contributed by atoms with van der Waals surface area (Å²) in [5.41, 5.74) is 2.83. The molecule has 18 heavy (non-hydrogen) atoms. The second-order valence-electron chi connectivity index (χ2n) is 4.13. The van der Waals surface area contributed by atoms with Crippen LogP contribution in [0.25, 0.3) is 0 Å². The largest absolute Gasteiger partial charge is 0.292 e. The van der Waals surface area contributed by atoms with E-state index in [0.29, 0.717) is 12.1 Å². The van der Waals surface area contributed by atoms with Crippen LogP contribution in [0.15, 0.2) is 47.1 Å². The Kier molecular flexibility index (Phi) is 4.26. The summed E-state index contributed by atoms with van der Waals surface area (Å²) in [6.45, 7) is 2.12. The van der Waals surface area contributed by atoms with Crippen LogP contribution in [0, 0.1) is 0 Å². The number of aromatic nitrogens is 1. The zero-order valence-electron chi connectivity index (χ0n) is 10.2. The van der Waals surface area contributed by atoms with Crippen LogP contribution in [0.2, 0.25) is 0 Å². The zero-order chi connectivity index (χ0) is 13.0. The summed E-state index contributed by atoms with van der Waals surface area (Å²) in [6.07, 6.45) is 3.06. The predicted octanol–water partition coefficient (Wildman–Crippen LogP) is 3.83. The topological polar surface area (TPSA) is 30.0 Å². The molecule has 92 valence electrons. The Morgan fingerprint density at radius 2 is 1.78 bits per heavy atom. The van der Waals surface area contributed by atoms with Crippen molar-refractivity contribution >= 4 is 21.7 Å². The van der Waals surface area contributed by atoms with Crippen LogP contribution in [-0.4, -0.2) is 10.8 Å². The van der Waals surface area contributed by atoms with Crippen LogP contribution in [0.5, 0.6) is 0 Å². The number of benzene rings is 1. The average molecular weight is 304 g/mol. The van der Waals surface area contributed by atoms with Gasteiger partial charge < -0.3 is 0 Å². The number of ketones is 1. The Bertz CT molecular complexity index is 531. The Morgan fingerprint density at radius 3 is 2.33 bits per heavy atom. The second kappa shape index (κ2) is 5.91. The van der Waals surface area contributed by atoms with Crippen molar-refractivity contribution in [3.63, 3.8) is 0 Å². The van der Waals surface area contributed by atoms with Crippen molar-refractivity contribution in [1.82, 2.24) is 4.98 Å². The molecule has 0 aliphatic carbocycles. The van der Waals surface area contributed by atoms with Crippen molar-refractivity contribution in [3.05, 3.63) is 63.9 Å². The van der Waals surface area contributed by atoms with Gasteiger partial charge in [-0.15, -0.1) is 0 Å². The molecule has 2 nitrogen and oxygen atoms in total. The maximum absolute atomic E-state index is 12.0. The van der Waals surface area contributed by atoms with Crippen LogP contribution in [0.1, 0.15) is 28.5 Å². The van der Waals surface area contributed by atoms with E-state index >= 15 is 0 Å². The van der Waals surface area contributed by atoms with Gasteiger partial charge in [0.05, 0.1) is 0 Å². The molecule has 0 fully saturated rings. The highest BCUT2D eigenvalue weighted by molar-refractivity contribution is 9.10. The molecule has 1 heterocycles. The SMILES string of the molecule is CCc1ccc(CC(=O)c2ccc(Br)cn2)cc1. The fourth-order valence-electron chi connectivity index (χ4n) is 1.71. The van der Waals surface area contributed by atoms with Crippen molar-refractivity contribution in [3.8, 4) is 0 Å². The van der Waals surface area contributed by atoms with E-state index in [2.05, 4.69) is 40.0 Å². The maximum Gasteiger partial charge on any atom is 0.185 e. The maximum atomic E-state index is 12.0. The van der Waals surface area contributed by atoms with Gasteiger partial charge in [-0.3, -0.25) is 9.78 Å². The molecular weight excluding hydrogens is 290 g/mol. The number of carbonyl (C=O) groups is 1. The van der Waals surface area contributed by atoms with Crippen LogP contribution in [0.4, 0.5) is 0 Å². The number of Topliss-reactive ketones (excluding diaryl/α,β-unsaturated/α-hetero) is 1. The van der Waals surface area contributed by atoms with Crippen molar-refractivity contribution in [1.29, 1.82) is 0 Å². The van der Waals surface area contributed by atoms with Gasteiger partial charge in [-0.05, 0) is 45.6 Å². The molecule has 0 aliphatic heterocycles. The molecule has 0 saturated carbocycles. The third-order valence-electron chi connectivity index (χ3n) is 2.81. The first-order chi connectivity index (χ1) is 8.69. The molecule has 0 amide bonds. The Balaban J connectivity index is 2.08. The molecule has 1 aromatic carbocycles. The number of aryl methyl sites for hydroxylation is 1. The van der Waals surface area contributed by atoms with E-state index in [1.54, 1.807) is 12.3 Å². The molecule has 2 aromatic rings. The van der Waals surface area contributed by atoms with Crippen molar-refractivity contribution < 1.29 is 4.79 Å². The zero-order valence-corrected chi connectivity index (χ0v) is 11.8. The number of hydrogen-bond donors (Lipinski definition) is 0. The number of pyridine rings is 1. The van der Waals surface area contributed by atoms with Gasteiger partial charge in [0.25, 0.3) is 0 Å². The molecule has 2 rings (SSSR count). The molecule has 0 bridgehead atoms. The minimum atomic E-state index is 0.0479. The lowest BCUT2D eigenvalue weighted by atomic mass is 10.0. The summed E-state index contributed by atoms with van der Waals surface area (Å²) in [5, 5.41) is 0. The lowest BCUT2D eigenvalue weighted by molar-refractivity contribution is 0.0988. The lowest BCUT2D eigenvalue weighted by Crippen LogP contribution is -2.05. The van der Waals surface area contributed by atoms with E-state index < -0.39 is 0 Å². The Morgan fingerprint density at radius 1 is 1.11 bits per heavy atom. The summed E-state index contributed by atoms with van der Waals surface area (Å²) in [6, 6.07) is 11.7. The average Bonchev–Trinajstić information content (AvgIpc) is 2.40. The van der Waals surface area contributed by atoms with Gasteiger partial charge in [-0.1, -0.05) is 31.2 Å². The first-order valence-corrected chi connectivity index (χ1v) is 6.71. The van der Waals surface area contributed by atoms with E-state index in [1.807, 2.05) is 18.2 Å². The van der Waals surface area contributed by atoms with Crippen LogP contribution < -0.4 is 0 Å². The highest BCUT2D eigenvalue weighted by Crippen LogP contribution is 2.11. The summed E-state index contributed by atoms with van der Waals surface area (Å²) < 4.78 is 0.881. The van der Waals surface area contributed by atoms with Gasteiger partial charge in [-0.2, -0.15) is 0 Å². The van der Waals surface area contributed by atoms with Gasteiger partial charge in [-0.25, -0.2) is 0 Å². The van der Waals surface area contributed by atoms with E-state index in [-0.39, 0.29) is 5.78 Å². The smallest absolute Gasteiger partial charge is 0.185 e. The summed E-state index contributed by atoms with van der Waals surface area (Å²) >= 11 is 3.30. The molecule has 0 aliphatic rings. The second-order valence-corrected chi connectivity index (χ2v) is 5.05. The van der Waals surface area contributed by atoms with Gasteiger partial charge in [0.2, 0.25) is 0 Å². The number of halogens is 1. The monoisotopic (exact) mass is 303 g/mol. The first-order valence-electron chi connectivity index (χ1n) is 5.91. The number of carbonyl (C=O) groups excluding carboxylic acids is 1. The van der Waals surface area contributed by atoms with Crippen LogP contribution in [0.3, 0.4) is 0 Å². The summed E-state index contributed by atoms with van der Waals surface area (Å²) in [7, 11) is 0. The van der Waals surface area contributed by atoms with Crippen molar-refractivity contribution in [2.75, 3.05) is 0 Å². The Hall–Kier alpha value is -1.48. The van der Waals surface area contributed by atoms with E-state index in [1.165, 1.54) is 5.56 Å². The van der Waals surface area contributed by atoms with Gasteiger partial charge in [0, 0.05) is 17.1 Å². The molecule has 3 heteroatoms. The quantitative estimate of drug-likeness (QED) is 0.804. The summed E-state index contributed by atoms with van der Waals surface area (Å²) in [5.74, 6) is 0.0479. The fraction of sp³-hybridized carbons (Fsp3) is 0.200. The highest BCUT2D eigenvalue weighted by Gasteiger charge is 2.08. The van der Waals surface area contributed by atoms with Crippen LogP contribution >= 0.6 is 15.9 Å². The van der Waals surface area contributed by atoms with E-state index in [0.717, 1.165) is 16.5 Å². The minimum absolute atomic E-state index is 0.0479. The normalized spacial score (nSPS) is 10.3. The van der Waals surface area contributed by atoms with Crippen molar-refractivity contribution in [2.24, 2.45) is 0 Å². The number of nitrogens with zero attached hydrogens (tertiary/aromatic N) is 1. The fourth-order valence-corrected chi connectivity index (χ4v) is 1.94. The molecule has 0 radical (unpaired) electrons. The van der Waals surface area contributed by atoms with E-state index in [4.69, 9.17) is 0 Å². The molecule has 0 unspecified atom stereocenters. The van der Waals surface area contributed by atoms with E-state index in [9.17, 15) is 4.79 Å². The molecule has 1 aromatic heterocycles. The van der Waals surface area contributed by atoms with Crippen LogP contribution in [-0.2, 0) is 12.8 Å². The minimum Gasteiger partial charge on any atom is -0.292 e. The van der Waals surface area contributed by atoms with Gasteiger partial charge >= 0.3 is 0 Å². The van der Waals surface area contributed by atoms with Crippen molar-refractivity contribution in [2.45, 2.75) is 19.8 Å². The molecule has 0 N–H and O–H groups in total. The molecule has 0 spiro atoms. The number of rotatable bonds is 4. The third-order valence-corrected chi connectivity index (χ3v) is 3.28. The predicted molar refractivity (Wildman–Crippen MR) is 75.8 cm³/mol. The molecule has 0 atom stereocenters. The highest BCUT2D eigenvalue weighted by atomic mass is 79.9. The van der Waals surface area contributed by atoms with Gasteiger partial charge in [0.1, 0.15) is 5.69 Å². The third kappa shape index (κ3) is 3.26.